The molecule has 174 valence electrons. The first kappa shape index (κ1) is 23.8. The van der Waals surface area contributed by atoms with Crippen LogP contribution in [-0.4, -0.2) is 44.3 Å². The van der Waals surface area contributed by atoms with Crippen molar-refractivity contribution < 1.29 is 0 Å². The van der Waals surface area contributed by atoms with Crippen molar-refractivity contribution in [2.45, 2.75) is 153 Å². The zero-order valence-corrected chi connectivity index (χ0v) is 21.2. The molecular formula is C26H48N2S2. The average Bonchev–Trinajstić information content (AvgIpc) is 2.84. The van der Waals surface area contributed by atoms with Crippen LogP contribution in [0.5, 0.6) is 0 Å². The number of nitrogens with zero attached hydrogens (tertiary/aromatic N) is 2. The Labute approximate surface area is 196 Å². The van der Waals surface area contributed by atoms with E-state index in [1.807, 2.05) is 0 Å². The largest absolute Gasteiger partial charge is 0.244 e. The molecule has 0 aromatic carbocycles. The van der Waals surface area contributed by atoms with E-state index in [-0.39, 0.29) is 0 Å². The molecule has 4 saturated carbocycles. The summed E-state index contributed by atoms with van der Waals surface area (Å²) >= 11 is 4.51. The van der Waals surface area contributed by atoms with Gasteiger partial charge in [0.2, 0.25) is 0 Å². The van der Waals surface area contributed by atoms with E-state index in [2.05, 4.69) is 32.5 Å². The van der Waals surface area contributed by atoms with Gasteiger partial charge < -0.3 is 0 Å². The van der Waals surface area contributed by atoms with Crippen molar-refractivity contribution in [2.75, 3.05) is 11.5 Å². The van der Waals surface area contributed by atoms with Crippen LogP contribution < -0.4 is 0 Å². The molecule has 0 unspecified atom stereocenters. The van der Waals surface area contributed by atoms with E-state index in [9.17, 15) is 0 Å². The predicted octanol–water partition coefficient (Wildman–Crippen LogP) is 8.22. The van der Waals surface area contributed by atoms with Gasteiger partial charge in [0.25, 0.3) is 0 Å². The predicted molar refractivity (Wildman–Crippen MR) is 136 cm³/mol. The highest BCUT2D eigenvalue weighted by molar-refractivity contribution is 8.00. The molecule has 0 heterocycles. The molecule has 0 bridgehead atoms. The van der Waals surface area contributed by atoms with E-state index >= 15 is 0 Å². The Bertz CT molecular complexity index is 372. The molecule has 0 N–H and O–H groups in total. The SMILES string of the molecule is C1CCC(N(SCCSN(C2CCCCC2)C2CCCCC2)C2CCCCC2)CC1. The van der Waals surface area contributed by atoms with Gasteiger partial charge in [-0.25, -0.2) is 8.61 Å². The zero-order chi connectivity index (χ0) is 20.4. The van der Waals surface area contributed by atoms with Gasteiger partial charge >= 0.3 is 0 Å². The standard InChI is InChI=1S/C26H48N2S2/c1-5-13-23(14-6-1)27(24-15-7-2-8-16-24)29-21-22-30-28(25-17-9-3-10-18-25)26-19-11-4-12-20-26/h23-26H,1-22H2. The molecule has 0 amide bonds. The molecule has 0 aliphatic heterocycles. The third kappa shape index (κ3) is 7.06. The number of hydrogen-bond acceptors (Lipinski definition) is 4. The fraction of sp³-hybridized carbons (Fsp3) is 1.00. The lowest BCUT2D eigenvalue weighted by Gasteiger charge is -2.42. The van der Waals surface area contributed by atoms with Crippen LogP contribution in [0.4, 0.5) is 0 Å². The minimum atomic E-state index is 0.879. The summed E-state index contributed by atoms with van der Waals surface area (Å²) in [5.74, 6) is 2.65. The van der Waals surface area contributed by atoms with Crippen molar-refractivity contribution in [2.24, 2.45) is 0 Å². The minimum Gasteiger partial charge on any atom is -0.244 e. The zero-order valence-electron chi connectivity index (χ0n) is 19.6. The maximum atomic E-state index is 2.95. The first-order valence-electron chi connectivity index (χ1n) is 13.7. The Morgan fingerprint density at radius 2 is 0.600 bits per heavy atom. The summed E-state index contributed by atoms with van der Waals surface area (Å²) < 4.78 is 5.90. The first-order chi connectivity index (χ1) is 14.9. The maximum Gasteiger partial charge on any atom is 0.0205 e. The van der Waals surface area contributed by atoms with Crippen molar-refractivity contribution in [1.82, 2.24) is 8.61 Å². The highest BCUT2D eigenvalue weighted by atomic mass is 32.2. The molecule has 0 aromatic rings. The highest BCUT2D eigenvalue weighted by Gasteiger charge is 2.31. The van der Waals surface area contributed by atoms with E-state index in [1.165, 1.54) is 140 Å². The Kier molecular flexibility index (Phi) is 10.6. The summed E-state index contributed by atoms with van der Waals surface area (Å²) in [6, 6.07) is 3.52. The maximum absolute atomic E-state index is 2.95. The molecule has 0 radical (unpaired) electrons. The molecular weight excluding hydrogens is 404 g/mol. The fourth-order valence-electron chi connectivity index (χ4n) is 6.65. The van der Waals surface area contributed by atoms with E-state index in [0.717, 1.165) is 24.2 Å². The van der Waals surface area contributed by atoms with E-state index in [4.69, 9.17) is 0 Å². The fourth-order valence-corrected chi connectivity index (χ4v) is 9.35. The van der Waals surface area contributed by atoms with Gasteiger partial charge in [0, 0.05) is 35.7 Å². The van der Waals surface area contributed by atoms with E-state index < -0.39 is 0 Å². The van der Waals surface area contributed by atoms with Crippen molar-refractivity contribution >= 4 is 23.9 Å². The smallest absolute Gasteiger partial charge is 0.0205 e. The van der Waals surface area contributed by atoms with Crippen LogP contribution in [-0.2, 0) is 0 Å². The van der Waals surface area contributed by atoms with Crippen LogP contribution in [0.3, 0.4) is 0 Å². The summed E-state index contributed by atoms with van der Waals surface area (Å²) in [4.78, 5) is 0. The topological polar surface area (TPSA) is 6.48 Å². The lowest BCUT2D eigenvalue weighted by molar-refractivity contribution is 0.184. The summed E-state index contributed by atoms with van der Waals surface area (Å²) in [6.45, 7) is 0. The lowest BCUT2D eigenvalue weighted by atomic mass is 9.91. The van der Waals surface area contributed by atoms with Gasteiger partial charge in [-0.15, -0.1) is 0 Å². The normalized spacial score (nSPS) is 26.6. The second-order valence-corrected chi connectivity index (χ2v) is 12.7. The molecule has 4 rings (SSSR count). The molecule has 4 fully saturated rings. The summed E-state index contributed by atoms with van der Waals surface area (Å²) in [7, 11) is 0. The quantitative estimate of drug-likeness (QED) is 0.257. The van der Waals surface area contributed by atoms with Crippen molar-refractivity contribution in [3.63, 3.8) is 0 Å². The van der Waals surface area contributed by atoms with Crippen LogP contribution in [0.1, 0.15) is 128 Å². The van der Waals surface area contributed by atoms with E-state index in [1.54, 1.807) is 0 Å². The highest BCUT2D eigenvalue weighted by Crippen LogP contribution is 2.37. The van der Waals surface area contributed by atoms with E-state index in [0.29, 0.717) is 0 Å². The molecule has 30 heavy (non-hydrogen) atoms. The molecule has 0 atom stereocenters. The minimum absolute atomic E-state index is 0.879. The van der Waals surface area contributed by atoms with Crippen LogP contribution in [0.2, 0.25) is 0 Å². The van der Waals surface area contributed by atoms with Gasteiger partial charge in [-0.1, -0.05) is 101 Å². The third-order valence-electron chi connectivity index (χ3n) is 8.30. The van der Waals surface area contributed by atoms with Crippen LogP contribution in [0, 0.1) is 0 Å². The van der Waals surface area contributed by atoms with Crippen LogP contribution >= 0.6 is 23.9 Å². The molecule has 0 spiro atoms. The van der Waals surface area contributed by atoms with Crippen LogP contribution in [0.15, 0.2) is 0 Å². The van der Waals surface area contributed by atoms with Gasteiger partial charge in [0.1, 0.15) is 0 Å². The molecule has 0 aromatic heterocycles. The Hall–Kier alpha value is 0.620. The molecule has 4 aliphatic rings. The molecule has 0 saturated heterocycles. The van der Waals surface area contributed by atoms with Gasteiger partial charge in [0.15, 0.2) is 0 Å². The second-order valence-electron chi connectivity index (χ2n) is 10.6. The first-order valence-corrected chi connectivity index (χ1v) is 15.6. The Morgan fingerprint density at radius 3 is 0.833 bits per heavy atom. The second kappa shape index (κ2) is 13.4. The van der Waals surface area contributed by atoms with Gasteiger partial charge in [-0.3, -0.25) is 0 Å². The van der Waals surface area contributed by atoms with Crippen LogP contribution in [0.25, 0.3) is 0 Å². The third-order valence-corrected chi connectivity index (χ3v) is 11.1. The number of hydrogen-bond donors (Lipinski definition) is 0. The summed E-state index contributed by atoms with van der Waals surface area (Å²) in [5.41, 5.74) is 0. The van der Waals surface area contributed by atoms with Gasteiger partial charge in [-0.05, 0) is 51.4 Å². The lowest BCUT2D eigenvalue weighted by Crippen LogP contribution is -2.42. The van der Waals surface area contributed by atoms with Crippen molar-refractivity contribution in [3.8, 4) is 0 Å². The summed E-state index contributed by atoms with van der Waals surface area (Å²) in [6.07, 6.45) is 29.4. The molecule has 4 aliphatic carbocycles. The average molecular weight is 453 g/mol. The monoisotopic (exact) mass is 452 g/mol. The molecule has 4 heteroatoms. The molecule has 2 nitrogen and oxygen atoms in total. The Morgan fingerprint density at radius 1 is 0.367 bits per heavy atom. The van der Waals surface area contributed by atoms with Gasteiger partial charge in [-0.2, -0.15) is 0 Å². The Balaban J connectivity index is 1.28. The van der Waals surface area contributed by atoms with Crippen molar-refractivity contribution in [1.29, 1.82) is 0 Å². The summed E-state index contributed by atoms with van der Waals surface area (Å²) in [5, 5.41) is 0. The van der Waals surface area contributed by atoms with Crippen molar-refractivity contribution in [3.05, 3.63) is 0 Å². The van der Waals surface area contributed by atoms with Gasteiger partial charge in [0.05, 0.1) is 0 Å². The number of rotatable bonds is 9.